The van der Waals surface area contributed by atoms with Crippen molar-refractivity contribution in [3.05, 3.63) is 82.5 Å². The highest BCUT2D eigenvalue weighted by atomic mass is 16.2. The number of para-hydroxylation sites is 4. The van der Waals surface area contributed by atoms with E-state index in [-0.39, 0.29) is 18.0 Å². The van der Waals surface area contributed by atoms with E-state index in [0.717, 1.165) is 17.1 Å². The first-order chi connectivity index (χ1) is 13.5. The van der Waals surface area contributed by atoms with Crippen LogP contribution in [0.4, 0.5) is 5.69 Å². The van der Waals surface area contributed by atoms with E-state index in [9.17, 15) is 9.59 Å². The summed E-state index contributed by atoms with van der Waals surface area (Å²) in [4.78, 5) is 29.1. The number of nitrogens with one attached hydrogen (secondary N) is 1. The highest BCUT2D eigenvalue weighted by Crippen LogP contribution is 2.21. The molecule has 28 heavy (non-hydrogen) atoms. The zero-order valence-electron chi connectivity index (χ0n) is 15.6. The summed E-state index contributed by atoms with van der Waals surface area (Å²) < 4.78 is 3.21. The molecule has 0 atom stereocenters. The Morgan fingerprint density at radius 2 is 1.82 bits per heavy atom. The van der Waals surface area contributed by atoms with Gasteiger partial charge in [-0.25, -0.2) is 9.67 Å². The van der Waals surface area contributed by atoms with Crippen molar-refractivity contribution in [2.45, 2.75) is 20.4 Å². The van der Waals surface area contributed by atoms with E-state index in [4.69, 9.17) is 0 Å². The van der Waals surface area contributed by atoms with Crippen LogP contribution in [0.3, 0.4) is 0 Å². The lowest BCUT2D eigenvalue weighted by Gasteiger charge is -2.14. The number of fused-ring (bicyclic) bond motifs is 1. The second kappa shape index (κ2) is 7.11. The summed E-state index contributed by atoms with van der Waals surface area (Å²) in [7, 11) is 0. The molecule has 2 aromatic carbocycles. The zero-order valence-corrected chi connectivity index (χ0v) is 15.6. The van der Waals surface area contributed by atoms with E-state index in [1.54, 1.807) is 16.8 Å². The third-order valence-electron chi connectivity index (χ3n) is 4.47. The second-order valence-electron chi connectivity index (χ2n) is 6.58. The smallest absolute Gasteiger partial charge is 0.269 e. The predicted molar refractivity (Wildman–Crippen MR) is 108 cm³/mol. The van der Waals surface area contributed by atoms with Crippen molar-refractivity contribution >= 4 is 22.6 Å². The van der Waals surface area contributed by atoms with Crippen LogP contribution >= 0.6 is 0 Å². The molecule has 0 aliphatic rings. The highest BCUT2D eigenvalue weighted by Gasteiger charge is 2.13. The fraction of sp³-hybridized carbons (Fsp3) is 0.143. The van der Waals surface area contributed by atoms with Gasteiger partial charge in [0.2, 0.25) is 5.91 Å². The predicted octanol–water partition coefficient (Wildman–Crippen LogP) is 2.84. The number of anilines is 1. The Hall–Kier alpha value is -3.74. The minimum atomic E-state index is -0.319. The molecule has 2 aromatic heterocycles. The molecule has 0 bridgehead atoms. The lowest BCUT2D eigenvalue weighted by Crippen LogP contribution is -2.28. The van der Waals surface area contributed by atoms with Crippen LogP contribution in [0.2, 0.25) is 0 Å². The molecule has 0 aliphatic carbocycles. The van der Waals surface area contributed by atoms with Crippen LogP contribution in [0.5, 0.6) is 0 Å². The van der Waals surface area contributed by atoms with Gasteiger partial charge < -0.3 is 5.32 Å². The summed E-state index contributed by atoms with van der Waals surface area (Å²) >= 11 is 0. The average molecular weight is 373 g/mol. The van der Waals surface area contributed by atoms with Gasteiger partial charge in [-0.3, -0.25) is 14.2 Å². The number of aryl methyl sites for hydroxylation is 2. The number of carbonyl (C=O) groups is 1. The van der Waals surface area contributed by atoms with Crippen LogP contribution in [0, 0.1) is 13.8 Å². The average Bonchev–Trinajstić information content (AvgIpc) is 3.02. The fourth-order valence-corrected chi connectivity index (χ4v) is 3.25. The molecule has 4 rings (SSSR count). The van der Waals surface area contributed by atoms with Crippen LogP contribution < -0.4 is 10.9 Å². The van der Waals surface area contributed by atoms with Crippen LogP contribution in [0.1, 0.15) is 11.4 Å². The summed E-state index contributed by atoms with van der Waals surface area (Å²) in [6.07, 6.45) is 1.24. The maximum absolute atomic E-state index is 12.7. The minimum absolute atomic E-state index is 0.104. The van der Waals surface area contributed by atoms with Crippen LogP contribution in [-0.4, -0.2) is 25.2 Å². The van der Waals surface area contributed by atoms with Gasteiger partial charge in [-0.2, -0.15) is 5.10 Å². The first kappa shape index (κ1) is 17.7. The van der Waals surface area contributed by atoms with Gasteiger partial charge in [-0.1, -0.05) is 24.3 Å². The maximum Gasteiger partial charge on any atom is 0.269 e. The molecule has 1 N–H and O–H groups in total. The molecule has 7 nitrogen and oxygen atoms in total. The molecule has 0 spiro atoms. The first-order valence-corrected chi connectivity index (χ1v) is 8.90. The Kier molecular flexibility index (Phi) is 4.49. The number of nitrogens with zero attached hydrogens (tertiary/aromatic N) is 4. The molecule has 0 fully saturated rings. The first-order valence-electron chi connectivity index (χ1n) is 8.90. The summed E-state index contributed by atoms with van der Waals surface area (Å²) in [6, 6.07) is 16.7. The van der Waals surface area contributed by atoms with Crippen molar-refractivity contribution in [2.75, 3.05) is 5.32 Å². The normalized spacial score (nSPS) is 10.9. The number of benzene rings is 2. The highest BCUT2D eigenvalue weighted by molar-refractivity contribution is 5.93. The summed E-state index contributed by atoms with van der Waals surface area (Å²) in [6.45, 7) is 3.78. The molecule has 4 aromatic rings. The Bertz CT molecular complexity index is 1240. The molecule has 7 heteroatoms. The molecule has 140 valence electrons. The monoisotopic (exact) mass is 373 g/mol. The van der Waals surface area contributed by atoms with E-state index in [1.165, 1.54) is 10.8 Å². The lowest BCUT2D eigenvalue weighted by molar-refractivity contribution is -0.116. The SMILES string of the molecule is Cc1cc(C)n(-c2ccccc2NC(=O)Cn2c(=O)cnc3ccccc32)n1. The third-order valence-corrected chi connectivity index (χ3v) is 4.47. The van der Waals surface area contributed by atoms with E-state index in [1.807, 2.05) is 56.3 Å². The van der Waals surface area contributed by atoms with Crippen molar-refractivity contribution in [2.24, 2.45) is 0 Å². The van der Waals surface area contributed by atoms with Gasteiger partial charge in [0, 0.05) is 5.69 Å². The number of rotatable bonds is 4. The third kappa shape index (κ3) is 3.29. The van der Waals surface area contributed by atoms with E-state index in [0.29, 0.717) is 16.7 Å². The summed E-state index contributed by atoms with van der Waals surface area (Å²) in [5.74, 6) is -0.299. The van der Waals surface area contributed by atoms with E-state index < -0.39 is 0 Å². The van der Waals surface area contributed by atoms with Crippen LogP contribution in [-0.2, 0) is 11.3 Å². The Labute approximate surface area is 161 Å². The standard InChI is InChI=1S/C21H19N5O2/c1-14-11-15(2)26(24-14)19-10-6-4-8-17(19)23-20(27)13-25-18-9-5-3-7-16(18)22-12-21(25)28/h3-12H,13H2,1-2H3,(H,23,27). The van der Waals surface area contributed by atoms with Gasteiger partial charge in [0.15, 0.2) is 0 Å². The Balaban J connectivity index is 1.65. The zero-order chi connectivity index (χ0) is 19.7. The molecule has 0 saturated carbocycles. The summed E-state index contributed by atoms with van der Waals surface area (Å²) in [5.41, 5.74) is 4.23. The molecule has 2 heterocycles. The topological polar surface area (TPSA) is 81.8 Å². The number of aromatic nitrogens is 4. The largest absolute Gasteiger partial charge is 0.323 e. The van der Waals surface area contributed by atoms with Crippen molar-refractivity contribution in [1.82, 2.24) is 19.3 Å². The Morgan fingerprint density at radius 3 is 2.61 bits per heavy atom. The Morgan fingerprint density at radius 1 is 1.07 bits per heavy atom. The van der Waals surface area contributed by atoms with Gasteiger partial charge in [0.05, 0.1) is 34.3 Å². The number of amides is 1. The molecule has 0 unspecified atom stereocenters. The van der Waals surface area contributed by atoms with Gasteiger partial charge in [0.25, 0.3) is 5.56 Å². The van der Waals surface area contributed by atoms with Gasteiger partial charge in [0.1, 0.15) is 6.54 Å². The lowest BCUT2D eigenvalue weighted by atomic mass is 10.2. The molecule has 0 aliphatic heterocycles. The van der Waals surface area contributed by atoms with Crippen molar-refractivity contribution in [3.63, 3.8) is 0 Å². The van der Waals surface area contributed by atoms with E-state index >= 15 is 0 Å². The van der Waals surface area contributed by atoms with E-state index in [2.05, 4.69) is 15.4 Å². The number of hydrogen-bond donors (Lipinski definition) is 1. The second-order valence-corrected chi connectivity index (χ2v) is 6.58. The summed E-state index contributed by atoms with van der Waals surface area (Å²) in [5, 5.41) is 7.40. The molecule has 1 amide bonds. The van der Waals surface area contributed by atoms with Crippen molar-refractivity contribution in [1.29, 1.82) is 0 Å². The molecule has 0 radical (unpaired) electrons. The minimum Gasteiger partial charge on any atom is -0.323 e. The fourth-order valence-electron chi connectivity index (χ4n) is 3.25. The maximum atomic E-state index is 12.7. The quantitative estimate of drug-likeness (QED) is 0.596. The molecule has 0 saturated heterocycles. The van der Waals surface area contributed by atoms with Crippen molar-refractivity contribution in [3.8, 4) is 5.69 Å². The number of hydrogen-bond acceptors (Lipinski definition) is 4. The van der Waals surface area contributed by atoms with Gasteiger partial charge in [-0.05, 0) is 44.2 Å². The van der Waals surface area contributed by atoms with Gasteiger partial charge >= 0.3 is 0 Å². The molecular formula is C21H19N5O2. The van der Waals surface area contributed by atoms with Crippen molar-refractivity contribution < 1.29 is 4.79 Å². The van der Waals surface area contributed by atoms with Gasteiger partial charge in [-0.15, -0.1) is 0 Å². The number of carbonyl (C=O) groups excluding carboxylic acids is 1. The van der Waals surface area contributed by atoms with Crippen LogP contribution in [0.15, 0.2) is 65.6 Å². The van der Waals surface area contributed by atoms with Crippen LogP contribution in [0.25, 0.3) is 16.7 Å². The molecular weight excluding hydrogens is 354 g/mol.